The van der Waals surface area contributed by atoms with Crippen molar-refractivity contribution in [2.24, 2.45) is 0 Å². The van der Waals surface area contributed by atoms with E-state index in [9.17, 15) is 24.0 Å². The van der Waals surface area contributed by atoms with Crippen LogP contribution in [0.2, 0.25) is 0 Å². The molecule has 0 aromatic heterocycles. The number of halogens is 2. The lowest BCUT2D eigenvalue weighted by Crippen LogP contribution is -2.39. The van der Waals surface area contributed by atoms with E-state index in [0.717, 1.165) is 25.0 Å². The fourth-order valence-electron chi connectivity index (χ4n) is 2.75. The monoisotopic (exact) mass is 286 g/mol. The molecule has 1 saturated carbocycles. The number of aliphatic hydroxyl groups is 1. The lowest BCUT2D eigenvalue weighted by atomic mass is 10.0. The Morgan fingerprint density at radius 3 is 2.55 bits per heavy atom. The number of hydrogen-bond acceptors (Lipinski definition) is 4. The molecular weight excluding hydrogens is 270 g/mol. The molecule has 0 aliphatic heterocycles. The lowest BCUT2D eigenvalue weighted by Gasteiger charge is -2.29. The van der Waals surface area contributed by atoms with E-state index in [1.807, 2.05) is 0 Å². The standard InChI is InChI=1S/C13H16F2N2O3/c1-16(8-13(18)6-2-3-7-13)12-10(17(19)20)5-4-9(14)11(12)15/h4-5,18H,2-3,6-8H2,1H3. The predicted molar refractivity (Wildman–Crippen MR) is 69.7 cm³/mol. The number of nitrogens with zero attached hydrogens (tertiary/aromatic N) is 2. The molecule has 1 aliphatic rings. The van der Waals surface area contributed by atoms with Crippen LogP contribution in [-0.4, -0.2) is 29.2 Å². The quantitative estimate of drug-likeness (QED) is 0.682. The van der Waals surface area contributed by atoms with Crippen LogP contribution < -0.4 is 4.90 Å². The van der Waals surface area contributed by atoms with Gasteiger partial charge in [-0.3, -0.25) is 10.1 Å². The first-order valence-electron chi connectivity index (χ1n) is 6.40. The first-order valence-corrected chi connectivity index (χ1v) is 6.40. The van der Waals surface area contributed by atoms with Gasteiger partial charge in [0.2, 0.25) is 0 Å². The van der Waals surface area contributed by atoms with Crippen molar-refractivity contribution in [3.63, 3.8) is 0 Å². The smallest absolute Gasteiger partial charge is 0.295 e. The number of hydrogen-bond donors (Lipinski definition) is 1. The molecule has 1 aromatic carbocycles. The lowest BCUT2D eigenvalue weighted by molar-refractivity contribution is -0.384. The van der Waals surface area contributed by atoms with Crippen molar-refractivity contribution >= 4 is 11.4 Å². The maximum atomic E-state index is 13.9. The van der Waals surface area contributed by atoms with Gasteiger partial charge < -0.3 is 10.0 Å². The van der Waals surface area contributed by atoms with E-state index in [1.165, 1.54) is 11.9 Å². The maximum Gasteiger partial charge on any atom is 0.295 e. The molecule has 2 rings (SSSR count). The number of nitro groups is 1. The Bertz CT molecular complexity index is 531. The van der Waals surface area contributed by atoms with Crippen LogP contribution in [0.3, 0.4) is 0 Å². The van der Waals surface area contributed by atoms with Crippen LogP contribution in [0.4, 0.5) is 20.2 Å². The van der Waals surface area contributed by atoms with E-state index in [-0.39, 0.29) is 6.54 Å². The first kappa shape index (κ1) is 14.6. The SMILES string of the molecule is CN(CC1(O)CCCC1)c1c([N+](=O)[O-])ccc(F)c1F. The molecule has 0 unspecified atom stereocenters. The van der Waals surface area contributed by atoms with Gasteiger partial charge in [0.1, 0.15) is 0 Å². The third kappa shape index (κ3) is 2.72. The van der Waals surface area contributed by atoms with Crippen molar-refractivity contribution in [1.29, 1.82) is 0 Å². The zero-order valence-corrected chi connectivity index (χ0v) is 11.1. The Morgan fingerprint density at radius 2 is 2.00 bits per heavy atom. The zero-order chi connectivity index (χ0) is 14.9. The summed E-state index contributed by atoms with van der Waals surface area (Å²) >= 11 is 0. The molecule has 1 N–H and O–H groups in total. The Kier molecular flexibility index (Phi) is 3.89. The minimum atomic E-state index is -1.26. The number of benzene rings is 1. The Balaban J connectivity index is 2.35. The van der Waals surface area contributed by atoms with Crippen LogP contribution in [0, 0.1) is 21.7 Å². The van der Waals surface area contributed by atoms with Gasteiger partial charge in [-0.1, -0.05) is 12.8 Å². The molecule has 1 aliphatic carbocycles. The average molecular weight is 286 g/mol. The topological polar surface area (TPSA) is 66.6 Å². The molecule has 0 spiro atoms. The van der Waals surface area contributed by atoms with Gasteiger partial charge in [0.25, 0.3) is 5.69 Å². The molecule has 1 aromatic rings. The van der Waals surface area contributed by atoms with Crippen molar-refractivity contribution in [2.75, 3.05) is 18.5 Å². The Hall–Kier alpha value is -1.76. The van der Waals surface area contributed by atoms with Crippen molar-refractivity contribution < 1.29 is 18.8 Å². The summed E-state index contributed by atoms with van der Waals surface area (Å²) in [6.45, 7) is 0.0359. The third-order valence-electron chi connectivity index (χ3n) is 3.69. The van der Waals surface area contributed by atoms with Crippen molar-refractivity contribution in [3.05, 3.63) is 33.9 Å². The highest BCUT2D eigenvalue weighted by Gasteiger charge is 2.35. The van der Waals surface area contributed by atoms with E-state index >= 15 is 0 Å². The van der Waals surface area contributed by atoms with Crippen LogP contribution in [0.1, 0.15) is 25.7 Å². The number of rotatable bonds is 4. The molecule has 0 amide bonds. The van der Waals surface area contributed by atoms with E-state index in [2.05, 4.69) is 0 Å². The minimum Gasteiger partial charge on any atom is -0.388 e. The first-order chi connectivity index (χ1) is 9.34. The third-order valence-corrected chi connectivity index (χ3v) is 3.69. The fraction of sp³-hybridized carbons (Fsp3) is 0.538. The van der Waals surface area contributed by atoms with E-state index in [1.54, 1.807) is 0 Å². The van der Waals surface area contributed by atoms with E-state index in [4.69, 9.17) is 0 Å². The van der Waals surface area contributed by atoms with Crippen molar-refractivity contribution in [2.45, 2.75) is 31.3 Å². The molecule has 0 radical (unpaired) electrons. The Morgan fingerprint density at radius 1 is 1.40 bits per heavy atom. The predicted octanol–water partition coefficient (Wildman–Crippen LogP) is 2.61. The molecule has 0 saturated heterocycles. The normalized spacial score (nSPS) is 17.2. The summed E-state index contributed by atoms with van der Waals surface area (Å²) in [5.41, 5.74) is -1.93. The second kappa shape index (κ2) is 5.32. The number of nitro benzene ring substituents is 1. The van der Waals surface area contributed by atoms with Gasteiger partial charge in [0.05, 0.1) is 10.5 Å². The van der Waals surface area contributed by atoms with Gasteiger partial charge in [-0.2, -0.15) is 0 Å². The highest BCUT2D eigenvalue weighted by atomic mass is 19.2. The maximum absolute atomic E-state index is 13.9. The van der Waals surface area contributed by atoms with Crippen molar-refractivity contribution in [3.8, 4) is 0 Å². The molecule has 1 fully saturated rings. The fourth-order valence-corrected chi connectivity index (χ4v) is 2.75. The zero-order valence-electron chi connectivity index (χ0n) is 11.1. The summed E-state index contributed by atoms with van der Waals surface area (Å²) in [4.78, 5) is 11.4. The summed E-state index contributed by atoms with van der Waals surface area (Å²) in [5, 5.41) is 21.2. The molecule has 5 nitrogen and oxygen atoms in total. The largest absolute Gasteiger partial charge is 0.388 e. The summed E-state index contributed by atoms with van der Waals surface area (Å²) in [5.74, 6) is -2.40. The van der Waals surface area contributed by atoms with Gasteiger partial charge in [0, 0.05) is 19.7 Å². The molecule has 0 bridgehead atoms. The van der Waals surface area contributed by atoms with Gasteiger partial charge in [0.15, 0.2) is 17.3 Å². The van der Waals surface area contributed by atoms with Crippen molar-refractivity contribution in [1.82, 2.24) is 0 Å². The van der Waals surface area contributed by atoms with Crippen LogP contribution in [0.25, 0.3) is 0 Å². The van der Waals surface area contributed by atoms with Gasteiger partial charge >= 0.3 is 0 Å². The summed E-state index contributed by atoms with van der Waals surface area (Å²) in [7, 11) is 1.42. The summed E-state index contributed by atoms with van der Waals surface area (Å²) in [6.07, 6.45) is 2.83. The molecule has 0 heterocycles. The van der Waals surface area contributed by atoms with Crippen LogP contribution in [0.5, 0.6) is 0 Å². The molecule has 0 atom stereocenters. The number of likely N-dealkylation sites (N-methyl/N-ethyl adjacent to an activating group) is 1. The summed E-state index contributed by atoms with van der Waals surface area (Å²) < 4.78 is 27.2. The van der Waals surface area contributed by atoms with Gasteiger partial charge in [-0.15, -0.1) is 0 Å². The van der Waals surface area contributed by atoms with Crippen LogP contribution in [-0.2, 0) is 0 Å². The van der Waals surface area contributed by atoms with Crippen LogP contribution in [0.15, 0.2) is 12.1 Å². The highest BCUT2D eigenvalue weighted by molar-refractivity contribution is 5.64. The van der Waals surface area contributed by atoms with Gasteiger partial charge in [-0.05, 0) is 18.9 Å². The summed E-state index contributed by atoms with van der Waals surface area (Å²) in [6, 6.07) is 1.66. The number of anilines is 1. The molecule has 7 heteroatoms. The average Bonchev–Trinajstić information content (AvgIpc) is 2.78. The molecular formula is C13H16F2N2O3. The molecule has 20 heavy (non-hydrogen) atoms. The minimum absolute atomic E-state index is 0.0359. The van der Waals surface area contributed by atoms with Crippen LogP contribution >= 0.6 is 0 Å². The van der Waals surface area contributed by atoms with E-state index in [0.29, 0.717) is 12.8 Å². The van der Waals surface area contributed by atoms with E-state index < -0.39 is 33.5 Å². The highest BCUT2D eigenvalue weighted by Crippen LogP contribution is 2.36. The second-order valence-electron chi connectivity index (χ2n) is 5.27. The Labute approximate surface area is 115 Å². The second-order valence-corrected chi connectivity index (χ2v) is 5.27. The molecule has 110 valence electrons. The van der Waals surface area contributed by atoms with Gasteiger partial charge in [-0.25, -0.2) is 8.78 Å².